The van der Waals surface area contributed by atoms with Gasteiger partial charge in [-0.15, -0.1) is 0 Å². The number of Topliss-reactive ketones (excluding diaryl/α,β-unsaturated/α-hetero) is 1. The Labute approximate surface area is 230 Å². The summed E-state index contributed by atoms with van der Waals surface area (Å²) in [4.78, 5) is 23.7. The van der Waals surface area contributed by atoms with Crippen LogP contribution in [0.5, 0.6) is 11.5 Å². The van der Waals surface area contributed by atoms with Gasteiger partial charge in [-0.2, -0.15) is 0 Å². The molecule has 39 heavy (non-hydrogen) atoms. The van der Waals surface area contributed by atoms with Gasteiger partial charge < -0.3 is 28.5 Å². The molecular formula is C31H33BO7. The Kier molecular flexibility index (Phi) is 9.43. The third kappa shape index (κ3) is 6.70. The van der Waals surface area contributed by atoms with E-state index in [4.69, 9.17) is 31.5 Å². The van der Waals surface area contributed by atoms with E-state index in [0.717, 1.165) is 28.2 Å². The van der Waals surface area contributed by atoms with Crippen molar-refractivity contribution in [3.8, 4) is 11.5 Å². The SMILES string of the molecule is [B][C@H]1C[C@@H](OC(=O)CCC(C)=O)[C@@H](COC(c2ccccc2)(c2ccc(OC)cc2)c2ccc(OC)cc2)O1. The van der Waals surface area contributed by atoms with Gasteiger partial charge >= 0.3 is 5.97 Å². The molecule has 0 saturated carbocycles. The van der Waals surface area contributed by atoms with Crippen molar-refractivity contribution in [2.75, 3.05) is 20.8 Å². The summed E-state index contributed by atoms with van der Waals surface area (Å²) in [5.41, 5.74) is 1.60. The molecule has 0 bridgehead atoms. The number of ether oxygens (including phenoxy) is 5. The van der Waals surface area contributed by atoms with E-state index in [2.05, 4.69) is 0 Å². The average Bonchev–Trinajstić information content (AvgIpc) is 3.31. The van der Waals surface area contributed by atoms with Crippen molar-refractivity contribution < 1.29 is 33.3 Å². The quantitative estimate of drug-likeness (QED) is 0.194. The lowest BCUT2D eigenvalue weighted by Gasteiger charge is -2.37. The number of benzene rings is 3. The van der Waals surface area contributed by atoms with E-state index in [0.29, 0.717) is 6.42 Å². The summed E-state index contributed by atoms with van der Waals surface area (Å²) in [5.74, 6) is 0.909. The summed E-state index contributed by atoms with van der Waals surface area (Å²) in [6, 6.07) is 24.7. The van der Waals surface area contributed by atoms with Crippen molar-refractivity contribution in [1.82, 2.24) is 0 Å². The van der Waals surface area contributed by atoms with Gasteiger partial charge in [-0.05, 0) is 47.9 Å². The molecule has 3 aromatic carbocycles. The van der Waals surface area contributed by atoms with E-state index in [9.17, 15) is 9.59 Å². The molecule has 3 atom stereocenters. The fourth-order valence-corrected chi connectivity index (χ4v) is 4.81. The van der Waals surface area contributed by atoms with Crippen molar-refractivity contribution >= 4 is 19.6 Å². The number of carbonyl (C=O) groups excluding carboxylic acids is 2. The Bertz CT molecular complexity index is 1180. The minimum Gasteiger partial charge on any atom is -0.497 e. The monoisotopic (exact) mass is 528 g/mol. The summed E-state index contributed by atoms with van der Waals surface area (Å²) in [5, 5.41) is 0. The van der Waals surface area contributed by atoms with Crippen molar-refractivity contribution in [3.63, 3.8) is 0 Å². The van der Waals surface area contributed by atoms with Crippen molar-refractivity contribution in [3.05, 3.63) is 95.6 Å². The zero-order valence-corrected chi connectivity index (χ0v) is 22.5. The zero-order valence-electron chi connectivity index (χ0n) is 22.5. The first-order valence-corrected chi connectivity index (χ1v) is 12.9. The molecule has 1 heterocycles. The first-order chi connectivity index (χ1) is 18.8. The van der Waals surface area contributed by atoms with Crippen LogP contribution in [0.25, 0.3) is 0 Å². The van der Waals surface area contributed by atoms with Gasteiger partial charge in [0.1, 0.15) is 42.9 Å². The van der Waals surface area contributed by atoms with Crippen LogP contribution in [-0.4, -0.2) is 58.6 Å². The fourth-order valence-electron chi connectivity index (χ4n) is 4.81. The molecule has 1 fully saturated rings. The number of esters is 1. The second-order valence-corrected chi connectivity index (χ2v) is 9.49. The van der Waals surface area contributed by atoms with Crippen LogP contribution in [0.2, 0.25) is 0 Å². The highest BCUT2D eigenvalue weighted by molar-refractivity contribution is 6.11. The second kappa shape index (κ2) is 13.0. The molecule has 0 aliphatic carbocycles. The first kappa shape index (κ1) is 28.4. The van der Waals surface area contributed by atoms with Crippen LogP contribution in [0.1, 0.15) is 42.9 Å². The maximum Gasteiger partial charge on any atom is 0.306 e. The number of hydrogen-bond donors (Lipinski definition) is 0. The van der Waals surface area contributed by atoms with Gasteiger partial charge in [-0.1, -0.05) is 54.6 Å². The molecule has 1 saturated heterocycles. The number of rotatable bonds is 12. The standard InChI is InChI=1S/C31H33BO7/c1-21(33)9-18-30(34)39-27-19-29(32)38-28(27)20-37-31(22-7-5-4-6-8-22,23-10-14-25(35-2)15-11-23)24-12-16-26(36-3)17-13-24/h4-8,10-17,27-29H,9,18-20H2,1-3H3/t27-,28-,29-/m1/s1. The minimum absolute atomic E-state index is 0.0142. The van der Waals surface area contributed by atoms with Gasteiger partial charge in [0, 0.05) is 18.8 Å². The Hall–Kier alpha value is -3.62. The van der Waals surface area contributed by atoms with E-state index in [-0.39, 0.29) is 25.2 Å². The van der Waals surface area contributed by atoms with Crippen molar-refractivity contribution in [1.29, 1.82) is 0 Å². The number of methoxy groups -OCH3 is 2. The van der Waals surface area contributed by atoms with E-state index < -0.39 is 29.8 Å². The molecule has 202 valence electrons. The Morgan fingerprint density at radius 3 is 1.90 bits per heavy atom. The van der Waals surface area contributed by atoms with Crippen LogP contribution in [0, 0.1) is 0 Å². The van der Waals surface area contributed by atoms with E-state index in [1.54, 1.807) is 14.2 Å². The molecule has 0 aromatic heterocycles. The molecule has 8 heteroatoms. The molecule has 0 amide bonds. The fraction of sp³-hybridized carbons (Fsp3) is 0.355. The number of carbonyl (C=O) groups is 2. The van der Waals surface area contributed by atoms with Gasteiger partial charge in [0.25, 0.3) is 0 Å². The van der Waals surface area contributed by atoms with Gasteiger partial charge in [0.15, 0.2) is 0 Å². The predicted octanol–water partition coefficient (Wildman–Crippen LogP) is 4.58. The molecule has 3 aromatic rings. The molecule has 0 N–H and O–H groups in total. The molecule has 1 aliphatic heterocycles. The molecule has 0 spiro atoms. The maximum absolute atomic E-state index is 12.4. The number of ketones is 1. The van der Waals surface area contributed by atoms with Crippen molar-refractivity contribution in [2.45, 2.75) is 50.0 Å². The van der Waals surface area contributed by atoms with Gasteiger partial charge in [-0.3, -0.25) is 4.79 Å². The summed E-state index contributed by atoms with van der Waals surface area (Å²) < 4.78 is 29.3. The van der Waals surface area contributed by atoms with Crippen LogP contribution >= 0.6 is 0 Å². The minimum atomic E-state index is -1.04. The van der Waals surface area contributed by atoms with Crippen LogP contribution < -0.4 is 9.47 Å². The molecular weight excluding hydrogens is 495 g/mol. The van der Waals surface area contributed by atoms with E-state index in [1.807, 2.05) is 78.9 Å². The normalized spacial score (nSPS) is 18.9. The number of hydrogen-bond acceptors (Lipinski definition) is 7. The highest BCUT2D eigenvalue weighted by Crippen LogP contribution is 2.42. The molecule has 4 rings (SSSR count). The third-order valence-electron chi connectivity index (χ3n) is 6.83. The van der Waals surface area contributed by atoms with Crippen LogP contribution in [0.15, 0.2) is 78.9 Å². The topological polar surface area (TPSA) is 80.3 Å². The highest BCUT2D eigenvalue weighted by atomic mass is 16.6. The van der Waals surface area contributed by atoms with Gasteiger partial charge in [-0.25, -0.2) is 0 Å². The largest absolute Gasteiger partial charge is 0.497 e. The Morgan fingerprint density at radius 2 is 1.38 bits per heavy atom. The lowest BCUT2D eigenvalue weighted by Crippen LogP contribution is -2.39. The summed E-state index contributed by atoms with van der Waals surface area (Å²) in [6.07, 6.45) is -0.713. The van der Waals surface area contributed by atoms with Crippen molar-refractivity contribution in [2.24, 2.45) is 0 Å². The highest BCUT2D eigenvalue weighted by Gasteiger charge is 2.42. The Morgan fingerprint density at radius 1 is 0.846 bits per heavy atom. The smallest absolute Gasteiger partial charge is 0.306 e. The second-order valence-electron chi connectivity index (χ2n) is 9.49. The van der Waals surface area contributed by atoms with Crippen LogP contribution in [0.4, 0.5) is 0 Å². The predicted molar refractivity (Wildman–Crippen MR) is 147 cm³/mol. The summed E-state index contributed by atoms with van der Waals surface area (Å²) in [7, 11) is 9.34. The van der Waals surface area contributed by atoms with Gasteiger partial charge in [0.05, 0.1) is 27.2 Å². The summed E-state index contributed by atoms with van der Waals surface area (Å²) >= 11 is 0. The summed E-state index contributed by atoms with van der Waals surface area (Å²) in [6.45, 7) is 1.53. The van der Waals surface area contributed by atoms with E-state index in [1.165, 1.54) is 6.92 Å². The molecule has 0 unspecified atom stereocenters. The van der Waals surface area contributed by atoms with E-state index >= 15 is 0 Å². The molecule has 1 aliphatic rings. The zero-order chi connectivity index (χ0) is 27.8. The lowest BCUT2D eigenvalue weighted by molar-refractivity contribution is -0.155. The Balaban J connectivity index is 1.71. The lowest BCUT2D eigenvalue weighted by atomic mass is 9.80. The third-order valence-corrected chi connectivity index (χ3v) is 6.83. The first-order valence-electron chi connectivity index (χ1n) is 12.9. The average molecular weight is 528 g/mol. The van der Waals surface area contributed by atoms with Gasteiger partial charge in [0.2, 0.25) is 0 Å². The maximum atomic E-state index is 12.4. The molecule has 7 nitrogen and oxygen atoms in total. The van der Waals surface area contributed by atoms with Crippen LogP contribution in [0.3, 0.4) is 0 Å². The van der Waals surface area contributed by atoms with Crippen LogP contribution in [-0.2, 0) is 29.4 Å². The molecule has 2 radical (unpaired) electrons.